The molecule has 13 heteroatoms. The van der Waals surface area contributed by atoms with Gasteiger partial charge in [0.1, 0.15) is 24.2 Å². The highest BCUT2D eigenvalue weighted by atomic mass is 16.6. The number of hydrogen-bond acceptors (Lipinski definition) is 8. The van der Waals surface area contributed by atoms with Crippen molar-refractivity contribution < 1.29 is 38.2 Å². The molecule has 0 radical (unpaired) electrons. The lowest BCUT2D eigenvalue weighted by molar-refractivity contribution is -0.164. The Morgan fingerprint density at radius 1 is 0.930 bits per heavy atom. The molecule has 3 rings (SSSR count). The smallest absolute Gasteiger partial charge is 0.308 e. The van der Waals surface area contributed by atoms with Crippen molar-refractivity contribution in [2.75, 3.05) is 33.8 Å². The number of fused-ring (bicyclic) bond motifs is 1. The Morgan fingerprint density at radius 2 is 1.60 bits per heavy atom. The van der Waals surface area contributed by atoms with Crippen LogP contribution < -0.4 is 10.6 Å². The molecule has 7 atom stereocenters. The van der Waals surface area contributed by atoms with Crippen molar-refractivity contribution in [3.8, 4) is 0 Å². The molecule has 3 aliphatic heterocycles. The minimum absolute atomic E-state index is 0.0534. The third kappa shape index (κ3) is 8.45. The number of ether oxygens (including phenoxy) is 2. The Morgan fingerprint density at radius 3 is 2.21 bits per heavy atom. The summed E-state index contributed by atoms with van der Waals surface area (Å²) >= 11 is 0. The molecule has 0 aromatic heterocycles. The summed E-state index contributed by atoms with van der Waals surface area (Å²) in [5.74, 6) is -3.50. The van der Waals surface area contributed by atoms with Crippen LogP contribution in [0.5, 0.6) is 0 Å². The summed E-state index contributed by atoms with van der Waals surface area (Å²) in [7, 11) is 3.04. The van der Waals surface area contributed by atoms with Crippen LogP contribution in [0.2, 0.25) is 0 Å². The van der Waals surface area contributed by atoms with Gasteiger partial charge in [0.2, 0.25) is 23.6 Å². The molecule has 3 heterocycles. The van der Waals surface area contributed by atoms with Gasteiger partial charge in [-0.25, -0.2) is 0 Å². The lowest BCUT2D eigenvalue weighted by Gasteiger charge is -2.39. The van der Waals surface area contributed by atoms with Gasteiger partial charge in [0.05, 0.1) is 19.1 Å². The standard InChI is InChI=1S/C30H49N5O8/c1-8-18(4)24-29(40)34(7)25(17(2)3)30(41)33(6)19(5)26(37)31-13-12-23(36)43-22(15-20-16-42-20)28(39)35-14-10-9-11-21(35)27(38)32-24/h17-22,24-25H,8-16H2,1-7H3,(H,31,37)(H,32,38)/t18?,19-,20?,21-,22+,24-,25-/m0/s1. The Kier molecular flexibility index (Phi) is 11.9. The number of nitrogens with one attached hydrogen (secondary N) is 2. The fraction of sp³-hybridized carbons (Fsp3) is 0.800. The Labute approximate surface area is 254 Å². The van der Waals surface area contributed by atoms with Gasteiger partial charge in [0, 0.05) is 33.6 Å². The van der Waals surface area contributed by atoms with Crippen molar-refractivity contribution in [1.82, 2.24) is 25.3 Å². The summed E-state index contributed by atoms with van der Waals surface area (Å²) < 4.78 is 10.9. The van der Waals surface area contributed by atoms with E-state index in [1.54, 1.807) is 6.92 Å². The first-order chi connectivity index (χ1) is 20.3. The summed E-state index contributed by atoms with van der Waals surface area (Å²) in [6, 6.07) is -3.58. The zero-order valence-corrected chi connectivity index (χ0v) is 26.6. The average Bonchev–Trinajstić information content (AvgIpc) is 3.80. The Balaban J connectivity index is 2.00. The van der Waals surface area contributed by atoms with Gasteiger partial charge in [-0.2, -0.15) is 0 Å². The molecular weight excluding hydrogens is 558 g/mol. The fourth-order valence-electron chi connectivity index (χ4n) is 5.71. The minimum atomic E-state index is -1.14. The molecular formula is C30H49N5O8. The van der Waals surface area contributed by atoms with E-state index in [4.69, 9.17) is 9.47 Å². The van der Waals surface area contributed by atoms with Crippen LogP contribution >= 0.6 is 0 Å². The number of carbonyl (C=O) groups excluding carboxylic acids is 6. The predicted octanol–water partition coefficient (Wildman–Crippen LogP) is 0.449. The van der Waals surface area contributed by atoms with Crippen LogP contribution in [0.1, 0.15) is 73.1 Å². The second kappa shape index (κ2) is 15.0. The van der Waals surface area contributed by atoms with Crippen molar-refractivity contribution >= 4 is 35.5 Å². The molecule has 242 valence electrons. The maximum absolute atomic E-state index is 14.0. The number of epoxide rings is 1. The minimum Gasteiger partial charge on any atom is -0.452 e. The molecule has 0 spiro atoms. The maximum atomic E-state index is 14.0. The molecule has 3 fully saturated rings. The van der Waals surface area contributed by atoms with E-state index < -0.39 is 65.8 Å². The number of esters is 1. The quantitative estimate of drug-likeness (QED) is 0.337. The van der Waals surface area contributed by atoms with Crippen LogP contribution in [-0.2, 0) is 38.2 Å². The van der Waals surface area contributed by atoms with E-state index >= 15 is 0 Å². The number of likely N-dealkylation sites (N-methyl/N-ethyl adjacent to an activating group) is 2. The highest BCUT2D eigenvalue weighted by Gasteiger charge is 2.43. The number of nitrogens with zero attached hydrogens (tertiary/aromatic N) is 3. The molecule has 5 amide bonds. The van der Waals surface area contributed by atoms with Crippen molar-refractivity contribution in [1.29, 1.82) is 0 Å². The van der Waals surface area contributed by atoms with Crippen molar-refractivity contribution in [3.63, 3.8) is 0 Å². The van der Waals surface area contributed by atoms with Crippen LogP contribution in [0.3, 0.4) is 0 Å². The summed E-state index contributed by atoms with van der Waals surface area (Å²) in [6.07, 6.45) is 1.01. The van der Waals surface area contributed by atoms with Gasteiger partial charge in [-0.15, -0.1) is 0 Å². The second-order valence-corrected chi connectivity index (χ2v) is 12.4. The second-order valence-electron chi connectivity index (χ2n) is 12.4. The molecule has 0 aromatic carbocycles. The van der Waals surface area contributed by atoms with Crippen molar-refractivity contribution in [2.24, 2.45) is 11.8 Å². The molecule has 13 nitrogen and oxygen atoms in total. The van der Waals surface area contributed by atoms with Gasteiger partial charge in [-0.05, 0) is 38.0 Å². The first kappa shape index (κ1) is 34.3. The van der Waals surface area contributed by atoms with Gasteiger partial charge >= 0.3 is 5.97 Å². The van der Waals surface area contributed by atoms with E-state index in [0.29, 0.717) is 38.8 Å². The van der Waals surface area contributed by atoms with E-state index in [1.807, 2.05) is 27.7 Å². The van der Waals surface area contributed by atoms with E-state index in [0.717, 1.165) is 0 Å². The molecule has 2 unspecified atom stereocenters. The lowest BCUT2D eigenvalue weighted by Crippen LogP contribution is -2.61. The highest BCUT2D eigenvalue weighted by Crippen LogP contribution is 2.25. The first-order valence-corrected chi connectivity index (χ1v) is 15.5. The van der Waals surface area contributed by atoms with E-state index in [-0.39, 0.29) is 37.3 Å². The van der Waals surface area contributed by atoms with Gasteiger partial charge in [-0.3, -0.25) is 28.8 Å². The summed E-state index contributed by atoms with van der Waals surface area (Å²) in [6.45, 7) is 9.67. The SMILES string of the molecule is CCC(C)[C@@H]1NC(=O)[C@@H]2CCCCN2C(=O)[C@@H](CC2CO2)OC(=O)CCNC(=O)[C@H](C)N(C)C(=O)[C@H](C(C)C)N(C)C1=O. The van der Waals surface area contributed by atoms with Crippen LogP contribution in [0, 0.1) is 11.8 Å². The zero-order valence-electron chi connectivity index (χ0n) is 26.6. The van der Waals surface area contributed by atoms with Crippen molar-refractivity contribution in [3.05, 3.63) is 0 Å². The largest absolute Gasteiger partial charge is 0.452 e. The third-order valence-corrected chi connectivity index (χ3v) is 8.88. The van der Waals surface area contributed by atoms with E-state index in [9.17, 15) is 28.8 Å². The molecule has 0 aliphatic carbocycles. The van der Waals surface area contributed by atoms with Crippen molar-refractivity contribution in [2.45, 2.75) is 110 Å². The van der Waals surface area contributed by atoms with Gasteiger partial charge < -0.3 is 34.8 Å². The molecule has 2 N–H and O–H groups in total. The number of amides is 5. The lowest BCUT2D eigenvalue weighted by atomic mass is 9.93. The van der Waals surface area contributed by atoms with Crippen LogP contribution in [0.15, 0.2) is 0 Å². The Hall–Kier alpha value is -3.22. The number of carbonyl (C=O) groups is 6. The fourth-order valence-corrected chi connectivity index (χ4v) is 5.71. The number of hydrogen-bond donors (Lipinski definition) is 2. The molecule has 0 aromatic rings. The van der Waals surface area contributed by atoms with Gasteiger partial charge in [0.15, 0.2) is 6.10 Å². The topological polar surface area (TPSA) is 158 Å². The molecule has 43 heavy (non-hydrogen) atoms. The number of piperidine rings is 1. The number of rotatable bonds is 5. The number of cyclic esters (lactones) is 1. The van der Waals surface area contributed by atoms with Gasteiger partial charge in [-0.1, -0.05) is 34.1 Å². The molecule has 3 aliphatic rings. The first-order valence-electron chi connectivity index (χ1n) is 15.5. The summed E-state index contributed by atoms with van der Waals surface area (Å²) in [4.78, 5) is 85.1. The molecule has 3 saturated heterocycles. The van der Waals surface area contributed by atoms with Crippen LogP contribution in [0.25, 0.3) is 0 Å². The molecule has 0 bridgehead atoms. The van der Waals surface area contributed by atoms with E-state index in [1.165, 1.54) is 28.8 Å². The third-order valence-electron chi connectivity index (χ3n) is 8.88. The Bertz CT molecular complexity index is 1060. The zero-order chi connectivity index (χ0) is 32.0. The van der Waals surface area contributed by atoms with Crippen LogP contribution in [-0.4, -0.2) is 120 Å². The van der Waals surface area contributed by atoms with Crippen LogP contribution in [0.4, 0.5) is 0 Å². The van der Waals surface area contributed by atoms with Gasteiger partial charge in [0.25, 0.3) is 5.91 Å². The highest BCUT2D eigenvalue weighted by molar-refractivity contribution is 5.96. The summed E-state index contributed by atoms with van der Waals surface area (Å²) in [5.41, 5.74) is 0. The maximum Gasteiger partial charge on any atom is 0.308 e. The average molecular weight is 608 g/mol. The summed E-state index contributed by atoms with van der Waals surface area (Å²) in [5, 5.41) is 5.58. The predicted molar refractivity (Wildman–Crippen MR) is 156 cm³/mol. The van der Waals surface area contributed by atoms with E-state index in [2.05, 4.69) is 10.6 Å². The monoisotopic (exact) mass is 607 g/mol. The normalized spacial score (nSPS) is 31.4. The molecule has 0 saturated carbocycles.